The van der Waals surface area contributed by atoms with Crippen LogP contribution in [0.4, 0.5) is 13.2 Å². The molecule has 1 aromatic carbocycles. The van der Waals surface area contributed by atoms with Crippen molar-refractivity contribution in [2.75, 3.05) is 0 Å². The van der Waals surface area contributed by atoms with Gasteiger partial charge in [0.15, 0.2) is 11.5 Å². The maximum Gasteiger partial charge on any atom is 0.417 e. The highest BCUT2D eigenvalue weighted by atomic mass is 35.5. The molecule has 27 heavy (non-hydrogen) atoms. The van der Waals surface area contributed by atoms with E-state index in [1.807, 2.05) is 0 Å². The molecule has 13 heteroatoms. The number of rotatable bonds is 4. The van der Waals surface area contributed by atoms with Crippen LogP contribution in [0.3, 0.4) is 0 Å². The van der Waals surface area contributed by atoms with Crippen LogP contribution in [0.2, 0.25) is 15.1 Å². The second kappa shape index (κ2) is 7.10. The number of nitrogens with one attached hydrogen (secondary N) is 1. The molecule has 0 atom stereocenters. The third-order valence-corrected chi connectivity index (χ3v) is 5.86. The zero-order valence-corrected chi connectivity index (χ0v) is 16.0. The summed E-state index contributed by atoms with van der Waals surface area (Å²) < 4.78 is 66.9. The Labute approximate surface area is 165 Å². The van der Waals surface area contributed by atoms with E-state index in [0.29, 0.717) is 6.07 Å². The first-order valence-electron chi connectivity index (χ1n) is 7.04. The third kappa shape index (κ3) is 4.14. The summed E-state index contributed by atoms with van der Waals surface area (Å²) in [6.45, 7) is -0.454. The highest BCUT2D eigenvalue weighted by molar-refractivity contribution is 7.89. The van der Waals surface area contributed by atoms with E-state index in [1.54, 1.807) is 0 Å². The Morgan fingerprint density at radius 1 is 1.07 bits per heavy atom. The SMILES string of the molecule is O=S(=O)(NCc1nnc2c(Cl)cc(C(F)(F)F)cn12)c1cc(Cl)ccc1Cl. The van der Waals surface area contributed by atoms with Gasteiger partial charge < -0.3 is 0 Å². The molecule has 0 bridgehead atoms. The quantitative estimate of drug-likeness (QED) is 0.635. The molecule has 0 fully saturated rings. The van der Waals surface area contributed by atoms with E-state index in [-0.39, 0.29) is 31.4 Å². The van der Waals surface area contributed by atoms with Crippen LogP contribution in [0.5, 0.6) is 0 Å². The summed E-state index contributed by atoms with van der Waals surface area (Å²) in [6.07, 6.45) is -3.91. The Bertz CT molecular complexity index is 1130. The molecule has 3 aromatic rings. The summed E-state index contributed by atoms with van der Waals surface area (Å²) in [5.74, 6) is -0.0975. The van der Waals surface area contributed by atoms with E-state index in [0.717, 1.165) is 16.7 Å². The van der Waals surface area contributed by atoms with Crippen LogP contribution in [0.1, 0.15) is 11.4 Å². The summed E-state index contributed by atoms with van der Waals surface area (Å²) in [4.78, 5) is -0.278. The Hall–Kier alpha value is -1.59. The highest BCUT2D eigenvalue weighted by Crippen LogP contribution is 2.32. The number of sulfonamides is 1. The van der Waals surface area contributed by atoms with E-state index >= 15 is 0 Å². The molecule has 144 valence electrons. The number of alkyl halides is 3. The number of nitrogens with zero attached hydrogens (tertiary/aromatic N) is 3. The van der Waals surface area contributed by atoms with Gasteiger partial charge in [-0.3, -0.25) is 4.40 Å². The van der Waals surface area contributed by atoms with Crippen LogP contribution in [0.25, 0.3) is 5.65 Å². The Kier molecular flexibility index (Phi) is 5.30. The van der Waals surface area contributed by atoms with Crippen molar-refractivity contribution in [3.8, 4) is 0 Å². The molecular weight excluding hydrogens is 452 g/mol. The van der Waals surface area contributed by atoms with Crippen molar-refractivity contribution in [3.63, 3.8) is 0 Å². The molecule has 0 spiro atoms. The minimum absolute atomic E-state index is 0.0420. The van der Waals surface area contributed by atoms with Gasteiger partial charge in [0.1, 0.15) is 4.90 Å². The predicted molar refractivity (Wildman–Crippen MR) is 93.5 cm³/mol. The molecule has 2 heterocycles. The van der Waals surface area contributed by atoms with Crippen LogP contribution < -0.4 is 4.72 Å². The lowest BCUT2D eigenvalue weighted by Crippen LogP contribution is -2.24. The van der Waals surface area contributed by atoms with Crippen molar-refractivity contribution in [1.29, 1.82) is 0 Å². The summed E-state index contributed by atoms with van der Waals surface area (Å²) in [5.41, 5.74) is -1.07. The maximum absolute atomic E-state index is 13.0. The maximum atomic E-state index is 13.0. The molecule has 1 N–H and O–H groups in total. The fourth-order valence-electron chi connectivity index (χ4n) is 2.20. The molecule has 0 unspecified atom stereocenters. The largest absolute Gasteiger partial charge is 0.417 e. The van der Waals surface area contributed by atoms with Gasteiger partial charge in [-0.2, -0.15) is 13.2 Å². The van der Waals surface area contributed by atoms with Gasteiger partial charge in [-0.1, -0.05) is 34.8 Å². The van der Waals surface area contributed by atoms with E-state index in [1.165, 1.54) is 12.1 Å². The lowest BCUT2D eigenvalue weighted by molar-refractivity contribution is -0.137. The summed E-state index contributed by atoms with van der Waals surface area (Å²) >= 11 is 17.5. The molecule has 6 nitrogen and oxygen atoms in total. The van der Waals surface area contributed by atoms with E-state index < -0.39 is 28.3 Å². The first-order chi connectivity index (χ1) is 12.5. The van der Waals surface area contributed by atoms with Crippen LogP contribution in [-0.4, -0.2) is 23.0 Å². The topological polar surface area (TPSA) is 76.4 Å². The third-order valence-electron chi connectivity index (χ3n) is 3.46. The fraction of sp³-hybridized carbons (Fsp3) is 0.143. The van der Waals surface area contributed by atoms with Crippen LogP contribution in [0, 0.1) is 0 Å². The summed E-state index contributed by atoms with van der Waals surface area (Å²) in [5, 5.41) is 7.17. The zero-order chi connectivity index (χ0) is 20.0. The average molecular weight is 460 g/mol. The molecule has 0 aliphatic carbocycles. The van der Waals surface area contributed by atoms with Gasteiger partial charge in [0.2, 0.25) is 10.0 Å². The Morgan fingerprint density at radius 2 is 1.78 bits per heavy atom. The minimum Gasteiger partial charge on any atom is -0.283 e. The van der Waals surface area contributed by atoms with E-state index in [9.17, 15) is 21.6 Å². The van der Waals surface area contributed by atoms with E-state index in [4.69, 9.17) is 34.8 Å². The molecule has 0 aliphatic rings. The lowest BCUT2D eigenvalue weighted by Gasteiger charge is -2.10. The number of pyridine rings is 1. The predicted octanol–water partition coefficient (Wildman–Crippen LogP) is 4.19. The van der Waals surface area contributed by atoms with Gasteiger partial charge in [0, 0.05) is 11.2 Å². The average Bonchev–Trinajstić information content (AvgIpc) is 2.98. The second-order valence-electron chi connectivity index (χ2n) is 5.28. The molecule has 3 rings (SSSR count). The standard InChI is InChI=1S/C14H8Cl3F3N4O2S/c15-8-1-2-9(16)11(4-8)27(25,26)21-5-12-22-23-13-10(17)3-7(6-24(12)13)14(18,19)20/h1-4,6,21H,5H2. The van der Waals surface area contributed by atoms with Crippen LogP contribution in [-0.2, 0) is 22.7 Å². The molecule has 0 radical (unpaired) electrons. The number of hydrogen-bond donors (Lipinski definition) is 1. The van der Waals surface area contributed by atoms with Crippen LogP contribution in [0.15, 0.2) is 35.4 Å². The van der Waals surface area contributed by atoms with Crippen molar-refractivity contribution < 1.29 is 21.6 Å². The fourth-order valence-corrected chi connectivity index (χ4v) is 4.18. The zero-order valence-electron chi connectivity index (χ0n) is 12.9. The molecular formula is C14H8Cl3F3N4O2S. The number of benzene rings is 1. The van der Waals surface area contributed by atoms with Crippen molar-refractivity contribution in [3.05, 3.63) is 56.9 Å². The summed E-state index contributed by atoms with van der Waals surface area (Å²) in [7, 11) is -4.11. The molecule has 0 amide bonds. The van der Waals surface area contributed by atoms with Crippen LogP contribution >= 0.6 is 34.8 Å². The molecule has 2 aromatic heterocycles. The normalized spacial score (nSPS) is 12.7. The molecule has 0 saturated heterocycles. The molecule has 0 saturated carbocycles. The number of fused-ring (bicyclic) bond motifs is 1. The van der Waals surface area contributed by atoms with Gasteiger partial charge >= 0.3 is 6.18 Å². The number of hydrogen-bond acceptors (Lipinski definition) is 4. The van der Waals surface area contributed by atoms with Gasteiger partial charge in [-0.25, -0.2) is 13.1 Å². The van der Waals surface area contributed by atoms with Crippen molar-refractivity contribution in [2.24, 2.45) is 0 Å². The number of aromatic nitrogens is 3. The van der Waals surface area contributed by atoms with Gasteiger partial charge in [-0.05, 0) is 24.3 Å². The van der Waals surface area contributed by atoms with Crippen molar-refractivity contribution in [2.45, 2.75) is 17.6 Å². The Balaban J connectivity index is 1.95. The van der Waals surface area contributed by atoms with Gasteiger partial charge in [-0.15, -0.1) is 10.2 Å². The van der Waals surface area contributed by atoms with Crippen molar-refractivity contribution in [1.82, 2.24) is 19.3 Å². The van der Waals surface area contributed by atoms with Crippen molar-refractivity contribution >= 4 is 50.5 Å². The smallest absolute Gasteiger partial charge is 0.283 e. The summed E-state index contributed by atoms with van der Waals surface area (Å²) in [6, 6.07) is 4.58. The van der Waals surface area contributed by atoms with Gasteiger partial charge in [0.25, 0.3) is 0 Å². The second-order valence-corrected chi connectivity index (χ2v) is 8.27. The van der Waals surface area contributed by atoms with Gasteiger partial charge in [0.05, 0.1) is 22.2 Å². The first-order valence-corrected chi connectivity index (χ1v) is 9.66. The monoisotopic (exact) mass is 458 g/mol. The number of halogens is 6. The minimum atomic E-state index is -4.65. The Morgan fingerprint density at radius 3 is 2.44 bits per heavy atom. The first kappa shape index (κ1) is 20.2. The lowest BCUT2D eigenvalue weighted by atomic mass is 10.3. The molecule has 0 aliphatic heterocycles. The highest BCUT2D eigenvalue weighted by Gasteiger charge is 2.32. The van der Waals surface area contributed by atoms with E-state index in [2.05, 4.69) is 14.9 Å².